The number of carbonyl (C=O) groups excluding carboxylic acids is 2. The Morgan fingerprint density at radius 1 is 0.319 bits per heavy atom. The van der Waals surface area contributed by atoms with Gasteiger partial charge in [-0.3, -0.25) is 9.59 Å². The smallest absolute Gasteiger partial charge is 0.313 e. The predicted octanol–water partition coefficient (Wildman–Crippen LogP) is 23.5. The van der Waals surface area contributed by atoms with E-state index >= 15 is 0 Å². The fraction of sp³-hybridized carbons (Fsp3) is 0.941. The van der Waals surface area contributed by atoms with Crippen LogP contribution in [0.2, 0.25) is 0 Å². The van der Waals surface area contributed by atoms with Crippen LogP contribution >= 0.6 is 0 Å². The lowest BCUT2D eigenvalue weighted by Crippen LogP contribution is -2.35. The molecule has 1 amide bonds. The van der Waals surface area contributed by atoms with Crippen molar-refractivity contribution in [2.75, 3.05) is 19.7 Å². The number of hydrogen-bond acceptors (Lipinski definition) is 3. The number of carbonyl (C=O) groups is 2. The molecule has 0 radical (unpaired) electrons. The zero-order valence-corrected chi connectivity index (χ0v) is 50.1. The molecule has 4 heteroatoms. The minimum atomic E-state index is -0.470. The van der Waals surface area contributed by atoms with Crippen LogP contribution in [0.3, 0.4) is 0 Å². The maximum absolute atomic E-state index is 13.8. The molecule has 0 aromatic heterocycles. The molecular weight excluding hydrogens is 879 g/mol. The van der Waals surface area contributed by atoms with Gasteiger partial charge in [0.05, 0.1) is 12.5 Å². The molecule has 1 atom stereocenters. The van der Waals surface area contributed by atoms with Crippen LogP contribution in [-0.4, -0.2) is 36.5 Å². The molecule has 0 aliphatic heterocycles. The Morgan fingerprint density at radius 3 is 0.833 bits per heavy atom. The minimum absolute atomic E-state index is 0.139. The zero-order chi connectivity index (χ0) is 52.2. The summed E-state index contributed by atoms with van der Waals surface area (Å²) in [6.45, 7) is 11.2. The highest BCUT2D eigenvalue weighted by Crippen LogP contribution is 2.20. The monoisotopic (exact) mass is 1010 g/mol. The lowest BCUT2D eigenvalue weighted by molar-refractivity contribution is -0.149. The van der Waals surface area contributed by atoms with E-state index in [0.717, 1.165) is 51.6 Å². The van der Waals surface area contributed by atoms with Crippen molar-refractivity contribution < 1.29 is 14.3 Å². The molecule has 0 aromatic carbocycles. The summed E-state index contributed by atoms with van der Waals surface area (Å²) in [4.78, 5) is 29.4. The van der Waals surface area contributed by atoms with Gasteiger partial charge in [-0.1, -0.05) is 361 Å². The summed E-state index contributed by atoms with van der Waals surface area (Å²) < 4.78 is 5.83. The Hall–Kier alpha value is -1.32. The van der Waals surface area contributed by atoms with Crippen molar-refractivity contribution in [3.63, 3.8) is 0 Å². The predicted molar refractivity (Wildman–Crippen MR) is 321 cm³/mol. The summed E-state index contributed by atoms with van der Waals surface area (Å²) in [6.07, 6.45) is 78.8. The Balaban J connectivity index is 4.04. The van der Waals surface area contributed by atoms with Crippen molar-refractivity contribution >= 4 is 11.9 Å². The van der Waals surface area contributed by atoms with Crippen molar-refractivity contribution in [3.05, 3.63) is 12.2 Å². The first kappa shape index (κ1) is 70.7. The molecule has 428 valence electrons. The van der Waals surface area contributed by atoms with Crippen LogP contribution in [0.4, 0.5) is 0 Å². The molecule has 0 aliphatic rings. The molecule has 0 rings (SSSR count). The van der Waals surface area contributed by atoms with E-state index in [1.54, 1.807) is 0 Å². The fourth-order valence-corrected chi connectivity index (χ4v) is 10.8. The highest BCUT2D eigenvalue weighted by atomic mass is 16.5. The van der Waals surface area contributed by atoms with Crippen molar-refractivity contribution in [1.82, 2.24) is 4.90 Å². The highest BCUT2D eigenvalue weighted by Gasteiger charge is 2.24. The molecule has 0 bridgehead atoms. The summed E-state index contributed by atoms with van der Waals surface area (Å²) in [5, 5.41) is 0. The lowest BCUT2D eigenvalue weighted by atomic mass is 10.0. The largest absolute Gasteiger partial charge is 0.465 e. The van der Waals surface area contributed by atoms with Gasteiger partial charge in [-0.25, -0.2) is 0 Å². The number of unbranched alkanes of at least 4 members (excludes halogenated alkanes) is 51. The second-order valence-electron chi connectivity index (χ2n) is 23.3. The van der Waals surface area contributed by atoms with Crippen molar-refractivity contribution in [1.29, 1.82) is 0 Å². The van der Waals surface area contributed by atoms with Crippen LogP contribution in [0.5, 0.6) is 0 Å². The first-order valence-corrected chi connectivity index (χ1v) is 33.7. The third-order valence-electron chi connectivity index (χ3n) is 15.9. The standard InChI is InChI=1S/C68H133NO3/c1-5-9-13-17-21-22-23-24-25-26-27-28-29-30-31-32-33-34-35-36-37-38-39-40-41-42-43-44-45-46-47-48-49-50-51-52-53-57-61-66(68(71)72-64-60-56-20-16-12-8-4)65-67(70)69(62-58-54-18-14-10-6-2)63-59-55-19-15-11-7-3/h57,61,66H,5-56,58-60,62-65H2,1-4H3/b61-57+. The van der Waals surface area contributed by atoms with Gasteiger partial charge in [0.25, 0.3) is 0 Å². The van der Waals surface area contributed by atoms with Gasteiger partial charge in [0.15, 0.2) is 0 Å². The van der Waals surface area contributed by atoms with Gasteiger partial charge in [-0.05, 0) is 32.1 Å². The van der Waals surface area contributed by atoms with Gasteiger partial charge in [-0.15, -0.1) is 0 Å². The van der Waals surface area contributed by atoms with Crippen LogP contribution in [0.1, 0.15) is 387 Å². The quantitative estimate of drug-likeness (QED) is 0.0346. The molecule has 0 aliphatic carbocycles. The van der Waals surface area contributed by atoms with E-state index in [0.29, 0.717) is 6.61 Å². The van der Waals surface area contributed by atoms with Crippen LogP contribution < -0.4 is 0 Å². The minimum Gasteiger partial charge on any atom is -0.465 e. The maximum Gasteiger partial charge on any atom is 0.313 e. The lowest BCUT2D eigenvalue weighted by Gasteiger charge is -2.24. The number of ether oxygens (including phenoxy) is 1. The first-order chi connectivity index (χ1) is 35.6. The summed E-state index contributed by atoms with van der Waals surface area (Å²) in [5.74, 6) is -0.532. The molecule has 0 heterocycles. The molecule has 72 heavy (non-hydrogen) atoms. The van der Waals surface area contributed by atoms with Gasteiger partial charge in [0.1, 0.15) is 0 Å². The number of allylic oxidation sites excluding steroid dienone is 1. The summed E-state index contributed by atoms with van der Waals surface area (Å²) in [5.41, 5.74) is 0. The van der Waals surface area contributed by atoms with Gasteiger partial charge in [0, 0.05) is 19.5 Å². The molecule has 1 unspecified atom stereocenters. The summed E-state index contributed by atoms with van der Waals surface area (Å²) in [7, 11) is 0. The van der Waals surface area contributed by atoms with Gasteiger partial charge in [0.2, 0.25) is 5.91 Å². The zero-order valence-electron chi connectivity index (χ0n) is 50.1. The molecule has 0 saturated carbocycles. The van der Waals surface area contributed by atoms with E-state index < -0.39 is 5.92 Å². The Bertz CT molecular complexity index is 1060. The SMILES string of the molecule is CCCCCCCCCCCCCCCCCCCCCCCCCCCCCCCCCCCCCC/C=C/C(CC(=O)N(CCCCCCCC)CCCCCCCC)C(=O)OCCCCCCCC. The topological polar surface area (TPSA) is 46.6 Å². The molecule has 0 spiro atoms. The Labute approximate surface area is 454 Å². The third-order valence-corrected chi connectivity index (χ3v) is 15.9. The second kappa shape index (κ2) is 62.2. The number of hydrogen-bond donors (Lipinski definition) is 0. The van der Waals surface area contributed by atoms with Gasteiger partial charge >= 0.3 is 5.97 Å². The highest BCUT2D eigenvalue weighted by molar-refractivity contribution is 5.84. The van der Waals surface area contributed by atoms with Crippen molar-refractivity contribution in [2.45, 2.75) is 387 Å². The molecule has 0 saturated heterocycles. The van der Waals surface area contributed by atoms with E-state index in [2.05, 4.69) is 38.7 Å². The van der Waals surface area contributed by atoms with Crippen LogP contribution in [0.15, 0.2) is 12.2 Å². The number of amides is 1. The number of nitrogens with zero attached hydrogens (tertiary/aromatic N) is 1. The molecular formula is C68H133NO3. The average molecular weight is 1010 g/mol. The van der Waals surface area contributed by atoms with Crippen molar-refractivity contribution in [3.8, 4) is 0 Å². The summed E-state index contributed by atoms with van der Waals surface area (Å²) in [6, 6.07) is 0. The van der Waals surface area contributed by atoms with Crippen molar-refractivity contribution in [2.24, 2.45) is 5.92 Å². The Morgan fingerprint density at radius 2 is 0.556 bits per heavy atom. The molecule has 4 nitrogen and oxygen atoms in total. The normalized spacial score (nSPS) is 12.1. The van der Waals surface area contributed by atoms with Crippen LogP contribution in [0, 0.1) is 5.92 Å². The van der Waals surface area contributed by atoms with E-state index in [4.69, 9.17) is 4.74 Å². The molecule has 0 N–H and O–H groups in total. The van der Waals surface area contributed by atoms with E-state index in [1.165, 1.54) is 315 Å². The Kier molecular flexibility index (Phi) is 61.1. The fourth-order valence-electron chi connectivity index (χ4n) is 10.8. The molecule has 0 fully saturated rings. The molecule has 0 aromatic rings. The van der Waals surface area contributed by atoms with E-state index in [-0.39, 0.29) is 18.3 Å². The van der Waals surface area contributed by atoms with Gasteiger partial charge in [-0.2, -0.15) is 0 Å². The maximum atomic E-state index is 13.8. The summed E-state index contributed by atoms with van der Waals surface area (Å²) >= 11 is 0. The van der Waals surface area contributed by atoms with Crippen LogP contribution in [0.25, 0.3) is 0 Å². The average Bonchev–Trinajstić information content (AvgIpc) is 3.38. The third kappa shape index (κ3) is 54.9. The second-order valence-corrected chi connectivity index (χ2v) is 23.3. The van der Waals surface area contributed by atoms with Crippen LogP contribution in [-0.2, 0) is 14.3 Å². The first-order valence-electron chi connectivity index (χ1n) is 33.7. The van der Waals surface area contributed by atoms with E-state index in [9.17, 15) is 9.59 Å². The number of rotatable bonds is 62. The van der Waals surface area contributed by atoms with Gasteiger partial charge < -0.3 is 9.64 Å². The number of esters is 1. The van der Waals surface area contributed by atoms with E-state index in [1.807, 2.05) is 6.08 Å².